The SMILES string of the molecule is CC(O)(c1cc2cc(F)ccc2o1)c1ccccc1Br. The first-order valence-corrected chi connectivity index (χ1v) is 6.95. The van der Waals surface area contributed by atoms with Crippen LogP contribution in [0.5, 0.6) is 0 Å². The van der Waals surface area contributed by atoms with Gasteiger partial charge < -0.3 is 9.52 Å². The van der Waals surface area contributed by atoms with Crippen molar-refractivity contribution in [2.75, 3.05) is 0 Å². The topological polar surface area (TPSA) is 33.4 Å². The monoisotopic (exact) mass is 334 g/mol. The first-order valence-electron chi connectivity index (χ1n) is 6.15. The van der Waals surface area contributed by atoms with Crippen LogP contribution in [0, 0.1) is 5.82 Å². The van der Waals surface area contributed by atoms with E-state index in [1.165, 1.54) is 12.1 Å². The Hall–Kier alpha value is -1.65. The maximum absolute atomic E-state index is 13.2. The second-order valence-corrected chi connectivity index (χ2v) is 5.70. The van der Waals surface area contributed by atoms with E-state index in [2.05, 4.69) is 15.9 Å². The molecule has 0 saturated heterocycles. The Kier molecular flexibility index (Phi) is 3.15. The molecule has 0 amide bonds. The molecule has 4 heteroatoms. The van der Waals surface area contributed by atoms with Gasteiger partial charge in [0.1, 0.15) is 22.8 Å². The van der Waals surface area contributed by atoms with Crippen molar-refractivity contribution in [2.45, 2.75) is 12.5 Å². The second-order valence-electron chi connectivity index (χ2n) is 4.84. The van der Waals surface area contributed by atoms with Crippen molar-refractivity contribution in [3.63, 3.8) is 0 Å². The lowest BCUT2D eigenvalue weighted by molar-refractivity contribution is 0.0779. The van der Waals surface area contributed by atoms with E-state index < -0.39 is 5.60 Å². The minimum absolute atomic E-state index is 0.328. The molecule has 1 aromatic heterocycles. The Bertz CT molecular complexity index is 777. The first kappa shape index (κ1) is 13.3. The third kappa shape index (κ3) is 2.15. The van der Waals surface area contributed by atoms with E-state index in [1.807, 2.05) is 24.3 Å². The zero-order valence-electron chi connectivity index (χ0n) is 10.7. The van der Waals surface area contributed by atoms with Crippen LogP contribution in [0.1, 0.15) is 18.2 Å². The van der Waals surface area contributed by atoms with Gasteiger partial charge in [-0.05, 0) is 37.3 Å². The van der Waals surface area contributed by atoms with Gasteiger partial charge in [0.05, 0.1) is 0 Å². The van der Waals surface area contributed by atoms with Crippen LogP contribution in [0.3, 0.4) is 0 Å². The van der Waals surface area contributed by atoms with E-state index in [-0.39, 0.29) is 5.82 Å². The highest BCUT2D eigenvalue weighted by molar-refractivity contribution is 9.10. The summed E-state index contributed by atoms with van der Waals surface area (Å²) in [5.74, 6) is 0.0513. The van der Waals surface area contributed by atoms with Gasteiger partial charge in [-0.15, -0.1) is 0 Å². The van der Waals surface area contributed by atoms with Crippen molar-refractivity contribution in [1.82, 2.24) is 0 Å². The second kappa shape index (κ2) is 4.72. The van der Waals surface area contributed by atoms with Crippen LogP contribution in [-0.4, -0.2) is 5.11 Å². The van der Waals surface area contributed by atoms with Crippen LogP contribution < -0.4 is 0 Å². The smallest absolute Gasteiger partial charge is 0.145 e. The summed E-state index contributed by atoms with van der Waals surface area (Å²) in [7, 11) is 0. The number of hydrogen-bond acceptors (Lipinski definition) is 2. The molecule has 0 bridgehead atoms. The average Bonchev–Trinajstić information content (AvgIpc) is 2.82. The number of halogens is 2. The van der Waals surface area contributed by atoms with Crippen molar-refractivity contribution in [3.05, 3.63) is 70.1 Å². The first-order chi connectivity index (χ1) is 9.48. The maximum Gasteiger partial charge on any atom is 0.145 e. The lowest BCUT2D eigenvalue weighted by atomic mass is 9.93. The fraction of sp³-hybridized carbons (Fsp3) is 0.125. The Morgan fingerprint density at radius 3 is 2.65 bits per heavy atom. The Morgan fingerprint density at radius 2 is 1.90 bits per heavy atom. The lowest BCUT2D eigenvalue weighted by Crippen LogP contribution is -2.22. The number of fused-ring (bicyclic) bond motifs is 1. The van der Waals surface area contributed by atoms with E-state index in [1.54, 1.807) is 19.1 Å². The molecular formula is C16H12BrFO2. The number of rotatable bonds is 2. The maximum atomic E-state index is 13.2. The fourth-order valence-electron chi connectivity index (χ4n) is 2.24. The summed E-state index contributed by atoms with van der Waals surface area (Å²) in [5, 5.41) is 11.4. The van der Waals surface area contributed by atoms with Crippen molar-refractivity contribution in [2.24, 2.45) is 0 Å². The highest BCUT2D eigenvalue weighted by atomic mass is 79.9. The normalized spacial score (nSPS) is 14.4. The number of hydrogen-bond donors (Lipinski definition) is 1. The van der Waals surface area contributed by atoms with Gasteiger partial charge >= 0.3 is 0 Å². The molecule has 3 rings (SSSR count). The summed E-state index contributed by atoms with van der Waals surface area (Å²) < 4.78 is 19.7. The molecule has 1 heterocycles. The fourth-order valence-corrected chi connectivity index (χ4v) is 2.91. The molecule has 0 aliphatic carbocycles. The van der Waals surface area contributed by atoms with Crippen LogP contribution in [-0.2, 0) is 5.60 Å². The molecule has 20 heavy (non-hydrogen) atoms. The molecule has 2 nitrogen and oxygen atoms in total. The van der Waals surface area contributed by atoms with Crippen LogP contribution in [0.2, 0.25) is 0 Å². The van der Waals surface area contributed by atoms with Gasteiger partial charge in [-0.2, -0.15) is 0 Å². The van der Waals surface area contributed by atoms with Gasteiger partial charge in [-0.1, -0.05) is 34.1 Å². The van der Waals surface area contributed by atoms with Crippen LogP contribution in [0.25, 0.3) is 11.0 Å². The van der Waals surface area contributed by atoms with Gasteiger partial charge in [0.2, 0.25) is 0 Å². The van der Waals surface area contributed by atoms with Gasteiger partial charge in [0.15, 0.2) is 0 Å². The predicted molar refractivity (Wildman–Crippen MR) is 79.0 cm³/mol. The van der Waals surface area contributed by atoms with E-state index in [0.717, 1.165) is 4.47 Å². The molecule has 0 aliphatic rings. The molecule has 0 fully saturated rings. The van der Waals surface area contributed by atoms with E-state index in [4.69, 9.17) is 4.42 Å². The largest absolute Gasteiger partial charge is 0.458 e. The third-order valence-corrected chi connectivity index (χ3v) is 4.05. The molecule has 1 atom stereocenters. The molecule has 0 saturated carbocycles. The summed E-state index contributed by atoms with van der Waals surface area (Å²) in [4.78, 5) is 0. The quantitative estimate of drug-likeness (QED) is 0.743. The number of aliphatic hydroxyl groups is 1. The molecule has 1 N–H and O–H groups in total. The molecule has 2 aromatic carbocycles. The minimum atomic E-state index is -1.30. The number of furan rings is 1. The van der Waals surface area contributed by atoms with Gasteiger partial charge in [-0.3, -0.25) is 0 Å². The summed E-state index contributed by atoms with van der Waals surface area (Å²) in [5.41, 5.74) is -0.0523. The van der Waals surface area contributed by atoms with Crippen molar-refractivity contribution in [3.8, 4) is 0 Å². The average molecular weight is 335 g/mol. The summed E-state index contributed by atoms with van der Waals surface area (Å²) in [6.07, 6.45) is 0. The van der Waals surface area contributed by atoms with Gasteiger partial charge in [-0.25, -0.2) is 4.39 Å². The van der Waals surface area contributed by atoms with E-state index >= 15 is 0 Å². The van der Waals surface area contributed by atoms with E-state index in [0.29, 0.717) is 22.3 Å². The van der Waals surface area contributed by atoms with Gasteiger partial charge in [0.25, 0.3) is 0 Å². The molecule has 102 valence electrons. The molecule has 0 radical (unpaired) electrons. The lowest BCUT2D eigenvalue weighted by Gasteiger charge is -2.22. The number of benzene rings is 2. The zero-order chi connectivity index (χ0) is 14.3. The molecule has 3 aromatic rings. The van der Waals surface area contributed by atoms with Crippen LogP contribution in [0.15, 0.2) is 57.4 Å². The summed E-state index contributed by atoms with van der Waals surface area (Å²) in [6.45, 7) is 1.65. The molecular weight excluding hydrogens is 323 g/mol. The highest BCUT2D eigenvalue weighted by Crippen LogP contribution is 2.36. The summed E-state index contributed by atoms with van der Waals surface area (Å²) in [6, 6.07) is 13.3. The molecule has 1 unspecified atom stereocenters. The molecule has 0 spiro atoms. The van der Waals surface area contributed by atoms with Gasteiger partial charge in [0, 0.05) is 15.4 Å². The van der Waals surface area contributed by atoms with Crippen molar-refractivity contribution >= 4 is 26.9 Å². The highest BCUT2D eigenvalue weighted by Gasteiger charge is 2.31. The Morgan fingerprint density at radius 1 is 1.15 bits per heavy atom. The standard InChI is InChI=1S/C16H12BrFO2/c1-16(19,12-4-2-3-5-13(12)17)15-9-10-8-11(18)6-7-14(10)20-15/h2-9,19H,1H3. The van der Waals surface area contributed by atoms with E-state index in [9.17, 15) is 9.50 Å². The Labute approximate surface area is 124 Å². The minimum Gasteiger partial charge on any atom is -0.458 e. The predicted octanol–water partition coefficient (Wildman–Crippen LogP) is 4.59. The van der Waals surface area contributed by atoms with Crippen molar-refractivity contribution in [1.29, 1.82) is 0 Å². The van der Waals surface area contributed by atoms with Crippen LogP contribution in [0.4, 0.5) is 4.39 Å². The van der Waals surface area contributed by atoms with Crippen LogP contribution >= 0.6 is 15.9 Å². The molecule has 0 aliphatic heterocycles. The third-order valence-electron chi connectivity index (χ3n) is 3.36. The van der Waals surface area contributed by atoms with Crippen molar-refractivity contribution < 1.29 is 13.9 Å². The Balaban J connectivity index is 2.16. The summed E-state index contributed by atoms with van der Waals surface area (Å²) >= 11 is 3.42. The zero-order valence-corrected chi connectivity index (χ0v) is 12.3.